The maximum atomic E-state index is 12.9. The number of hydrogen-bond donors (Lipinski definition) is 0. The van der Waals surface area contributed by atoms with Gasteiger partial charge in [-0.15, -0.1) is 10.2 Å². The molecule has 0 N–H and O–H groups in total. The van der Waals surface area contributed by atoms with Gasteiger partial charge in [0.25, 0.3) is 5.91 Å². The van der Waals surface area contributed by atoms with Crippen molar-refractivity contribution in [1.29, 1.82) is 0 Å². The van der Waals surface area contributed by atoms with Crippen molar-refractivity contribution < 1.29 is 9.53 Å². The Balaban J connectivity index is 1.27. The molecular formula is C25H35N5O2. The highest BCUT2D eigenvalue weighted by Crippen LogP contribution is 2.23. The van der Waals surface area contributed by atoms with Crippen LogP contribution in [-0.4, -0.2) is 66.9 Å². The average molecular weight is 438 g/mol. The molecule has 2 aliphatic rings. The van der Waals surface area contributed by atoms with Gasteiger partial charge in [0.05, 0.1) is 6.61 Å². The predicted octanol–water partition coefficient (Wildman–Crippen LogP) is 3.85. The Morgan fingerprint density at radius 2 is 1.50 bits per heavy atom. The first-order valence-electron chi connectivity index (χ1n) is 12.0. The number of carbonyl (C=O) groups is 1. The fraction of sp³-hybridized carbons (Fsp3) is 0.560. The number of piperazine rings is 1. The molecule has 2 fully saturated rings. The fourth-order valence-corrected chi connectivity index (χ4v) is 4.24. The number of nitrogens with zero attached hydrogens (tertiary/aromatic N) is 5. The van der Waals surface area contributed by atoms with Crippen LogP contribution in [0.2, 0.25) is 0 Å². The van der Waals surface area contributed by atoms with Crippen molar-refractivity contribution in [2.75, 3.05) is 55.7 Å². The number of rotatable bonds is 7. The Kier molecular flexibility index (Phi) is 7.45. The monoisotopic (exact) mass is 437 g/mol. The van der Waals surface area contributed by atoms with E-state index in [-0.39, 0.29) is 5.91 Å². The van der Waals surface area contributed by atoms with Crippen LogP contribution in [0.15, 0.2) is 36.4 Å². The molecule has 0 spiro atoms. The predicted molar refractivity (Wildman–Crippen MR) is 128 cm³/mol. The molecule has 0 radical (unpaired) electrons. The van der Waals surface area contributed by atoms with Crippen molar-refractivity contribution in [2.24, 2.45) is 5.92 Å². The number of carbonyl (C=O) groups excluding carboxylic acids is 1. The fourth-order valence-electron chi connectivity index (χ4n) is 4.24. The summed E-state index contributed by atoms with van der Waals surface area (Å²) in [7, 11) is 0. The minimum absolute atomic E-state index is 0.0746. The Morgan fingerprint density at radius 1 is 0.906 bits per heavy atom. The molecule has 0 aliphatic carbocycles. The first-order chi connectivity index (χ1) is 15.6. The third kappa shape index (κ3) is 5.50. The summed E-state index contributed by atoms with van der Waals surface area (Å²) in [6.07, 6.45) is 4.58. The minimum atomic E-state index is 0.0746. The highest BCUT2D eigenvalue weighted by atomic mass is 16.5. The second kappa shape index (κ2) is 10.7. The van der Waals surface area contributed by atoms with E-state index in [1.807, 2.05) is 29.2 Å². The number of aromatic nitrogens is 2. The highest BCUT2D eigenvalue weighted by Gasteiger charge is 2.24. The quantitative estimate of drug-likeness (QED) is 0.613. The first kappa shape index (κ1) is 22.4. The summed E-state index contributed by atoms with van der Waals surface area (Å²) in [4.78, 5) is 19.3. The molecule has 0 unspecified atom stereocenters. The molecule has 3 heterocycles. The topological polar surface area (TPSA) is 61.8 Å². The standard InChI is InChI=1S/C25H35N5O2/c1-3-4-19-32-22-7-5-21(6-8-22)25(31)30-17-15-29(16-18-30)24-10-9-23(26-27-24)28-13-11-20(2)12-14-28/h5-10,20H,3-4,11-19H2,1-2H3. The van der Waals surface area contributed by atoms with Crippen LogP contribution in [-0.2, 0) is 0 Å². The van der Waals surface area contributed by atoms with Gasteiger partial charge < -0.3 is 19.4 Å². The van der Waals surface area contributed by atoms with E-state index in [0.717, 1.165) is 62.3 Å². The smallest absolute Gasteiger partial charge is 0.253 e. The molecule has 7 heteroatoms. The van der Waals surface area contributed by atoms with Gasteiger partial charge in [-0.25, -0.2) is 0 Å². The van der Waals surface area contributed by atoms with Gasteiger partial charge in [-0.05, 0) is 61.6 Å². The molecule has 0 atom stereocenters. The van der Waals surface area contributed by atoms with E-state index in [0.29, 0.717) is 25.3 Å². The van der Waals surface area contributed by atoms with Gasteiger partial charge in [-0.2, -0.15) is 0 Å². The summed E-state index contributed by atoms with van der Waals surface area (Å²) in [5, 5.41) is 8.96. The third-order valence-electron chi connectivity index (χ3n) is 6.50. The van der Waals surface area contributed by atoms with Crippen molar-refractivity contribution >= 4 is 17.5 Å². The molecule has 1 aromatic heterocycles. The average Bonchev–Trinajstić information content (AvgIpc) is 2.85. The Bertz CT molecular complexity index is 855. The van der Waals surface area contributed by atoms with Gasteiger partial charge in [0.1, 0.15) is 5.75 Å². The van der Waals surface area contributed by atoms with Crippen LogP contribution in [0, 0.1) is 5.92 Å². The maximum absolute atomic E-state index is 12.9. The first-order valence-corrected chi connectivity index (χ1v) is 12.0. The molecule has 2 aromatic rings. The van der Waals surface area contributed by atoms with Crippen LogP contribution >= 0.6 is 0 Å². The summed E-state index contributed by atoms with van der Waals surface area (Å²) in [6.45, 7) is 10.2. The van der Waals surface area contributed by atoms with Gasteiger partial charge in [0.15, 0.2) is 11.6 Å². The van der Waals surface area contributed by atoms with Crippen molar-refractivity contribution in [3.05, 3.63) is 42.0 Å². The number of anilines is 2. The molecule has 7 nitrogen and oxygen atoms in total. The highest BCUT2D eigenvalue weighted by molar-refractivity contribution is 5.94. The van der Waals surface area contributed by atoms with Crippen molar-refractivity contribution in [3.8, 4) is 5.75 Å². The summed E-state index contributed by atoms with van der Waals surface area (Å²) in [5.74, 6) is 3.55. The molecule has 1 amide bonds. The SMILES string of the molecule is CCCCOc1ccc(C(=O)N2CCN(c3ccc(N4CCC(C)CC4)nn3)CC2)cc1. The van der Waals surface area contributed by atoms with E-state index in [2.05, 4.69) is 46.0 Å². The zero-order chi connectivity index (χ0) is 22.3. The van der Waals surface area contributed by atoms with Crippen LogP contribution in [0.1, 0.15) is 49.9 Å². The number of ether oxygens (including phenoxy) is 1. The number of piperidine rings is 1. The molecule has 4 rings (SSSR count). The Hall–Kier alpha value is -2.83. The van der Waals surface area contributed by atoms with Gasteiger partial charge in [-0.1, -0.05) is 20.3 Å². The van der Waals surface area contributed by atoms with Crippen LogP contribution in [0.5, 0.6) is 5.75 Å². The lowest BCUT2D eigenvalue weighted by molar-refractivity contribution is 0.0746. The zero-order valence-corrected chi connectivity index (χ0v) is 19.4. The summed E-state index contributed by atoms with van der Waals surface area (Å²) >= 11 is 0. The molecule has 0 saturated carbocycles. The molecule has 2 aliphatic heterocycles. The molecule has 172 valence electrons. The Morgan fingerprint density at radius 3 is 2.06 bits per heavy atom. The van der Waals surface area contributed by atoms with Crippen LogP contribution in [0.4, 0.5) is 11.6 Å². The van der Waals surface area contributed by atoms with Crippen LogP contribution in [0.25, 0.3) is 0 Å². The molecule has 2 saturated heterocycles. The number of hydrogen-bond acceptors (Lipinski definition) is 6. The largest absolute Gasteiger partial charge is 0.494 e. The second-order valence-corrected chi connectivity index (χ2v) is 8.92. The molecule has 0 bridgehead atoms. The van der Waals surface area contributed by atoms with E-state index < -0.39 is 0 Å². The van der Waals surface area contributed by atoms with Gasteiger partial charge in [-0.3, -0.25) is 4.79 Å². The van der Waals surface area contributed by atoms with Crippen LogP contribution in [0.3, 0.4) is 0 Å². The lowest BCUT2D eigenvalue weighted by Gasteiger charge is -2.35. The van der Waals surface area contributed by atoms with Crippen LogP contribution < -0.4 is 14.5 Å². The normalized spacial score (nSPS) is 17.5. The number of amides is 1. The van der Waals surface area contributed by atoms with Gasteiger partial charge in [0.2, 0.25) is 0 Å². The van der Waals surface area contributed by atoms with Gasteiger partial charge in [0, 0.05) is 44.8 Å². The molecule has 1 aromatic carbocycles. The van der Waals surface area contributed by atoms with Crippen molar-refractivity contribution in [2.45, 2.75) is 39.5 Å². The van der Waals surface area contributed by atoms with Gasteiger partial charge >= 0.3 is 0 Å². The van der Waals surface area contributed by atoms with E-state index in [1.54, 1.807) is 0 Å². The van der Waals surface area contributed by atoms with E-state index >= 15 is 0 Å². The van der Waals surface area contributed by atoms with Crippen molar-refractivity contribution in [1.82, 2.24) is 15.1 Å². The number of benzene rings is 1. The number of unbranched alkanes of at least 4 members (excludes halogenated alkanes) is 1. The molecule has 32 heavy (non-hydrogen) atoms. The lowest BCUT2D eigenvalue weighted by Crippen LogP contribution is -2.49. The maximum Gasteiger partial charge on any atom is 0.253 e. The minimum Gasteiger partial charge on any atom is -0.494 e. The van der Waals surface area contributed by atoms with E-state index in [1.165, 1.54) is 12.8 Å². The summed E-state index contributed by atoms with van der Waals surface area (Å²) in [6, 6.07) is 11.6. The van der Waals surface area contributed by atoms with Crippen molar-refractivity contribution in [3.63, 3.8) is 0 Å². The lowest BCUT2D eigenvalue weighted by atomic mass is 9.99. The van der Waals surface area contributed by atoms with E-state index in [4.69, 9.17) is 4.74 Å². The third-order valence-corrected chi connectivity index (χ3v) is 6.50. The molecular weight excluding hydrogens is 402 g/mol. The van der Waals surface area contributed by atoms with E-state index in [9.17, 15) is 4.79 Å². The summed E-state index contributed by atoms with van der Waals surface area (Å²) < 4.78 is 5.69. The summed E-state index contributed by atoms with van der Waals surface area (Å²) in [5.41, 5.74) is 0.710. The Labute approximate surface area is 191 Å². The second-order valence-electron chi connectivity index (χ2n) is 8.92. The zero-order valence-electron chi connectivity index (χ0n) is 19.4.